The predicted octanol–water partition coefficient (Wildman–Crippen LogP) is 2.46. The number of thioether (sulfide) groups is 1. The highest BCUT2D eigenvalue weighted by Crippen LogP contribution is 2.23. The van der Waals surface area contributed by atoms with Crippen molar-refractivity contribution < 1.29 is 4.74 Å². The highest BCUT2D eigenvalue weighted by molar-refractivity contribution is 8.00. The van der Waals surface area contributed by atoms with Gasteiger partial charge in [0.2, 0.25) is 0 Å². The summed E-state index contributed by atoms with van der Waals surface area (Å²) in [5.74, 6) is 0. The molecule has 1 heterocycles. The molecule has 0 amide bonds. The van der Waals surface area contributed by atoms with E-state index >= 15 is 0 Å². The molecule has 0 aliphatic rings. The first-order valence-corrected chi connectivity index (χ1v) is 7.59. The van der Waals surface area contributed by atoms with Crippen LogP contribution in [-0.2, 0) is 17.7 Å². The third kappa shape index (κ3) is 4.59. The van der Waals surface area contributed by atoms with E-state index in [1.165, 1.54) is 17.3 Å². The second-order valence-electron chi connectivity index (χ2n) is 4.73. The van der Waals surface area contributed by atoms with Crippen LogP contribution < -0.4 is 0 Å². The lowest BCUT2D eigenvalue weighted by atomic mass is 10.1. The highest BCUT2D eigenvalue weighted by atomic mass is 32.2. The van der Waals surface area contributed by atoms with Crippen LogP contribution in [0.1, 0.15) is 11.1 Å². The van der Waals surface area contributed by atoms with Gasteiger partial charge >= 0.3 is 0 Å². The fraction of sp³-hybridized carbons (Fsp3) is 0.400. The number of nitriles is 1. The second-order valence-corrected chi connectivity index (χ2v) is 5.89. The van der Waals surface area contributed by atoms with Crippen LogP contribution in [0, 0.1) is 18.3 Å². The Morgan fingerprint density at radius 1 is 1.38 bits per heavy atom. The zero-order chi connectivity index (χ0) is 15.1. The Labute approximate surface area is 128 Å². The molecular weight excluding hydrogens is 284 g/mol. The summed E-state index contributed by atoms with van der Waals surface area (Å²) >= 11 is 1.44. The van der Waals surface area contributed by atoms with E-state index in [4.69, 9.17) is 4.74 Å². The Morgan fingerprint density at radius 3 is 2.81 bits per heavy atom. The average Bonchev–Trinajstić information content (AvgIpc) is 2.93. The molecule has 110 valence electrons. The van der Waals surface area contributed by atoms with E-state index in [0.29, 0.717) is 19.6 Å². The summed E-state index contributed by atoms with van der Waals surface area (Å²) in [6, 6.07) is 10.6. The van der Waals surface area contributed by atoms with Crippen LogP contribution in [0.2, 0.25) is 0 Å². The van der Waals surface area contributed by atoms with Crippen molar-refractivity contribution in [3.05, 3.63) is 41.7 Å². The SMILES string of the molecule is COCCn1cnnc1SC(C#N)Cc1ccc(C)cc1. The Bertz CT molecular complexity index is 603. The number of aromatic nitrogens is 3. The lowest BCUT2D eigenvalue weighted by molar-refractivity contribution is 0.184. The lowest BCUT2D eigenvalue weighted by Crippen LogP contribution is -2.09. The van der Waals surface area contributed by atoms with Gasteiger partial charge in [0.1, 0.15) is 11.6 Å². The van der Waals surface area contributed by atoms with Crippen molar-refractivity contribution in [1.29, 1.82) is 5.26 Å². The van der Waals surface area contributed by atoms with E-state index in [2.05, 4.69) is 47.5 Å². The van der Waals surface area contributed by atoms with Crippen molar-refractivity contribution >= 4 is 11.8 Å². The molecule has 0 bridgehead atoms. The fourth-order valence-electron chi connectivity index (χ4n) is 1.86. The maximum absolute atomic E-state index is 9.35. The third-order valence-electron chi connectivity index (χ3n) is 3.05. The van der Waals surface area contributed by atoms with Gasteiger partial charge < -0.3 is 9.30 Å². The van der Waals surface area contributed by atoms with Crippen LogP contribution in [0.5, 0.6) is 0 Å². The normalized spacial score (nSPS) is 12.0. The molecule has 0 spiro atoms. The van der Waals surface area contributed by atoms with Gasteiger partial charge in [-0.1, -0.05) is 41.6 Å². The highest BCUT2D eigenvalue weighted by Gasteiger charge is 2.15. The first kappa shape index (κ1) is 15.5. The molecule has 5 nitrogen and oxygen atoms in total. The summed E-state index contributed by atoms with van der Waals surface area (Å²) in [5.41, 5.74) is 2.38. The third-order valence-corrected chi connectivity index (χ3v) is 4.13. The Morgan fingerprint density at radius 2 is 2.14 bits per heavy atom. The van der Waals surface area contributed by atoms with Gasteiger partial charge in [-0.05, 0) is 18.9 Å². The van der Waals surface area contributed by atoms with Crippen molar-refractivity contribution in [3.8, 4) is 6.07 Å². The van der Waals surface area contributed by atoms with E-state index in [1.54, 1.807) is 13.4 Å². The van der Waals surface area contributed by atoms with Gasteiger partial charge in [0.05, 0.1) is 12.7 Å². The summed E-state index contributed by atoms with van der Waals surface area (Å²) in [6.45, 7) is 3.34. The molecule has 1 aromatic heterocycles. The standard InChI is InChI=1S/C15H18N4OS/c1-12-3-5-13(6-4-12)9-14(10-16)21-15-18-17-11-19(15)7-8-20-2/h3-6,11,14H,7-9H2,1-2H3. The molecule has 1 unspecified atom stereocenters. The molecule has 6 heteroatoms. The molecule has 0 saturated heterocycles. The van der Waals surface area contributed by atoms with Gasteiger partial charge in [-0.2, -0.15) is 5.26 Å². The van der Waals surface area contributed by atoms with E-state index in [-0.39, 0.29) is 5.25 Å². The van der Waals surface area contributed by atoms with E-state index in [9.17, 15) is 5.26 Å². The number of rotatable bonds is 7. The van der Waals surface area contributed by atoms with E-state index in [1.807, 2.05) is 4.57 Å². The molecule has 0 aliphatic heterocycles. The Balaban J connectivity index is 2.01. The summed E-state index contributed by atoms with van der Waals surface area (Å²) in [6.07, 6.45) is 2.36. The number of aryl methyl sites for hydroxylation is 1. The van der Waals surface area contributed by atoms with Crippen molar-refractivity contribution in [3.63, 3.8) is 0 Å². The minimum Gasteiger partial charge on any atom is -0.383 e. The molecule has 0 aliphatic carbocycles. The monoisotopic (exact) mass is 302 g/mol. The van der Waals surface area contributed by atoms with Gasteiger partial charge in [-0.15, -0.1) is 10.2 Å². The van der Waals surface area contributed by atoms with Crippen LogP contribution in [0.15, 0.2) is 35.7 Å². The fourth-order valence-corrected chi connectivity index (χ4v) is 2.81. The zero-order valence-corrected chi connectivity index (χ0v) is 13.0. The Kier molecular flexibility index (Phi) is 5.78. The van der Waals surface area contributed by atoms with Gasteiger partial charge in [0, 0.05) is 13.7 Å². The molecule has 2 rings (SSSR count). The van der Waals surface area contributed by atoms with Gasteiger partial charge in [-0.25, -0.2) is 0 Å². The smallest absolute Gasteiger partial charge is 0.192 e. The number of hydrogen-bond donors (Lipinski definition) is 0. The van der Waals surface area contributed by atoms with Crippen molar-refractivity contribution in [1.82, 2.24) is 14.8 Å². The number of hydrogen-bond acceptors (Lipinski definition) is 5. The van der Waals surface area contributed by atoms with Gasteiger partial charge in [0.15, 0.2) is 5.16 Å². The summed E-state index contributed by atoms with van der Waals surface area (Å²) in [7, 11) is 1.66. The van der Waals surface area contributed by atoms with Crippen molar-refractivity contribution in [2.45, 2.75) is 30.3 Å². The Hall–Kier alpha value is -1.84. The van der Waals surface area contributed by atoms with Crippen molar-refractivity contribution in [2.75, 3.05) is 13.7 Å². The topological polar surface area (TPSA) is 63.7 Å². The predicted molar refractivity (Wildman–Crippen MR) is 82.0 cm³/mol. The minimum atomic E-state index is -0.182. The molecule has 1 atom stereocenters. The lowest BCUT2D eigenvalue weighted by Gasteiger charge is -2.10. The second kappa shape index (κ2) is 7.81. The molecular formula is C15H18N4OS. The largest absolute Gasteiger partial charge is 0.383 e. The summed E-state index contributed by atoms with van der Waals surface area (Å²) in [4.78, 5) is 0. The summed E-state index contributed by atoms with van der Waals surface area (Å²) < 4.78 is 6.97. The van der Waals surface area contributed by atoms with Crippen LogP contribution >= 0.6 is 11.8 Å². The summed E-state index contributed by atoms with van der Waals surface area (Å²) in [5, 5.41) is 17.9. The molecule has 0 radical (unpaired) electrons. The van der Waals surface area contributed by atoms with Crippen molar-refractivity contribution in [2.24, 2.45) is 0 Å². The number of ether oxygens (including phenoxy) is 1. The molecule has 0 N–H and O–H groups in total. The molecule has 0 saturated carbocycles. The quantitative estimate of drug-likeness (QED) is 0.735. The van der Waals surface area contributed by atoms with Crippen LogP contribution in [-0.4, -0.2) is 33.7 Å². The maximum atomic E-state index is 9.35. The molecule has 1 aromatic carbocycles. The van der Waals surface area contributed by atoms with Crippen LogP contribution in [0.3, 0.4) is 0 Å². The number of benzene rings is 1. The average molecular weight is 302 g/mol. The number of methoxy groups -OCH3 is 1. The van der Waals surface area contributed by atoms with Gasteiger partial charge in [-0.3, -0.25) is 0 Å². The zero-order valence-electron chi connectivity index (χ0n) is 12.2. The molecule has 21 heavy (non-hydrogen) atoms. The van der Waals surface area contributed by atoms with Crippen LogP contribution in [0.25, 0.3) is 0 Å². The van der Waals surface area contributed by atoms with Gasteiger partial charge in [0.25, 0.3) is 0 Å². The number of nitrogens with zero attached hydrogens (tertiary/aromatic N) is 4. The van der Waals surface area contributed by atoms with E-state index in [0.717, 1.165) is 10.7 Å². The minimum absolute atomic E-state index is 0.182. The first-order valence-electron chi connectivity index (χ1n) is 6.71. The van der Waals surface area contributed by atoms with E-state index < -0.39 is 0 Å². The maximum Gasteiger partial charge on any atom is 0.192 e. The van der Waals surface area contributed by atoms with Crippen LogP contribution in [0.4, 0.5) is 0 Å². The first-order chi connectivity index (χ1) is 10.2. The molecule has 2 aromatic rings. The molecule has 0 fully saturated rings.